The van der Waals surface area contributed by atoms with Gasteiger partial charge in [-0.15, -0.1) is 0 Å². The van der Waals surface area contributed by atoms with Gasteiger partial charge in [0, 0.05) is 60.5 Å². The van der Waals surface area contributed by atoms with Crippen molar-refractivity contribution in [1.29, 1.82) is 0 Å². The molecule has 2 aliphatic rings. The van der Waals surface area contributed by atoms with Crippen LogP contribution in [0.15, 0.2) is 97.5 Å². The van der Waals surface area contributed by atoms with E-state index in [1.54, 1.807) is 42.6 Å². The zero-order valence-electron chi connectivity index (χ0n) is 42.6. The molecule has 0 radical (unpaired) electrons. The zero-order chi connectivity index (χ0) is 53.7. The predicted octanol–water partition coefficient (Wildman–Crippen LogP) is 5.51. The van der Waals surface area contributed by atoms with E-state index in [0.29, 0.717) is 49.9 Å². The number of primary amides is 1. The second-order valence-electron chi connectivity index (χ2n) is 19.1. The van der Waals surface area contributed by atoms with Gasteiger partial charge in [0.05, 0.1) is 29.7 Å². The number of H-pyrrole nitrogens is 1. The summed E-state index contributed by atoms with van der Waals surface area (Å²) in [4.78, 5) is 107. The minimum absolute atomic E-state index is 0.0279. The van der Waals surface area contributed by atoms with Crippen molar-refractivity contribution >= 4 is 58.7 Å². The van der Waals surface area contributed by atoms with Crippen LogP contribution in [0.3, 0.4) is 0 Å². The van der Waals surface area contributed by atoms with Crippen LogP contribution in [0.2, 0.25) is 0 Å². The highest BCUT2D eigenvalue weighted by Gasteiger charge is 2.30. The maximum Gasteiger partial charge on any atom is 0.407 e. The molecule has 0 saturated carbocycles. The largest absolute Gasteiger partial charge is 0.445 e. The van der Waals surface area contributed by atoms with Crippen molar-refractivity contribution in [3.63, 3.8) is 0 Å². The number of ether oxygens (including phenoxy) is 1. The molecule has 22 heteroatoms. The van der Waals surface area contributed by atoms with Crippen LogP contribution in [-0.4, -0.2) is 101 Å². The van der Waals surface area contributed by atoms with Gasteiger partial charge < -0.3 is 47.4 Å². The van der Waals surface area contributed by atoms with Gasteiger partial charge in [0.25, 0.3) is 11.8 Å². The van der Waals surface area contributed by atoms with E-state index in [0.717, 1.165) is 67.9 Å². The molecule has 22 nitrogen and oxygen atoms in total. The van der Waals surface area contributed by atoms with Gasteiger partial charge in [0.1, 0.15) is 30.8 Å². The van der Waals surface area contributed by atoms with E-state index in [-0.39, 0.29) is 62.2 Å². The van der Waals surface area contributed by atoms with Crippen LogP contribution in [0.5, 0.6) is 0 Å². The van der Waals surface area contributed by atoms with E-state index >= 15 is 0 Å². The molecular weight excluding hydrogens is 973 g/mol. The normalized spacial score (nSPS) is 14.6. The lowest BCUT2D eigenvalue weighted by molar-refractivity contribution is -0.137. The molecular formula is C54H62N14O8. The average molecular weight is 1040 g/mol. The Hall–Kier alpha value is -8.95. The van der Waals surface area contributed by atoms with Gasteiger partial charge in [0.15, 0.2) is 5.65 Å². The number of unbranched alkanes of at least 4 members (excludes halogenated alkanes) is 2. The Balaban J connectivity index is 0.802. The Morgan fingerprint density at radius 1 is 0.882 bits per heavy atom. The molecule has 9 N–H and O–H groups in total. The van der Waals surface area contributed by atoms with Crippen LogP contribution < -0.4 is 37.6 Å². The van der Waals surface area contributed by atoms with Gasteiger partial charge >= 0.3 is 12.1 Å². The molecule has 1 aliphatic heterocycles. The van der Waals surface area contributed by atoms with Crippen molar-refractivity contribution in [3.8, 4) is 22.6 Å². The summed E-state index contributed by atoms with van der Waals surface area (Å²) in [6, 6.07) is 19.6. The van der Waals surface area contributed by atoms with Gasteiger partial charge in [-0.2, -0.15) is 5.10 Å². The first kappa shape index (κ1) is 53.3. The lowest BCUT2D eigenvalue weighted by Gasteiger charge is -2.25. The van der Waals surface area contributed by atoms with Crippen molar-refractivity contribution in [2.24, 2.45) is 11.7 Å². The van der Waals surface area contributed by atoms with Crippen molar-refractivity contribution in [1.82, 2.24) is 55.7 Å². The molecule has 396 valence electrons. The van der Waals surface area contributed by atoms with Gasteiger partial charge in [-0.25, -0.2) is 24.1 Å². The number of amides is 8. The third kappa shape index (κ3) is 14.0. The number of aromatic amines is 1. The summed E-state index contributed by atoms with van der Waals surface area (Å²) in [5.41, 5.74) is 14.2. The van der Waals surface area contributed by atoms with Gasteiger partial charge in [-0.3, -0.25) is 33.9 Å². The smallest absolute Gasteiger partial charge is 0.407 e. The standard InChI is InChI=1S/C54H62N14O8/c1-32(2)48(66-45(69)12-5-4-6-26-67-46(70)23-24-47(67)71)52(73)62-42(11-8-25-56-53(55)74)51(72)61-37-17-13-34(14-18-37)30-76-54(75)63-40-21-15-35-27-38(19-20-39(35)40)57-28-43-64-49(36-16-22-44-58-31-59-68(44)29-36)50(65-43)41-10-7-9-33(3)60-41/h7,9-10,13-14,16-20,22-24,27,29,31-32,40,42,48,57H,4-6,8,11-12,15,21,25-26,28,30H2,1-3H3,(H,61,72)(H,62,73)(H,63,75)(H,64,65)(H,66,69)(H3,55,56,74)/t40?,42?,48-/m0/s1. The van der Waals surface area contributed by atoms with Crippen molar-refractivity contribution in [3.05, 3.63) is 126 Å². The number of carbonyl (C=O) groups is 7. The van der Waals surface area contributed by atoms with E-state index < -0.39 is 36.0 Å². The maximum atomic E-state index is 13.7. The number of pyridine rings is 2. The number of nitrogens with one attached hydrogen (secondary N) is 7. The lowest BCUT2D eigenvalue weighted by atomic mass is 10.0. The number of imidazole rings is 1. The molecule has 6 aromatic rings. The van der Waals surface area contributed by atoms with E-state index in [2.05, 4.69) is 53.0 Å². The number of carbonyl (C=O) groups excluding carboxylic acids is 7. The Labute approximate surface area is 438 Å². The van der Waals surface area contributed by atoms with Crippen LogP contribution >= 0.6 is 0 Å². The molecule has 4 aromatic heterocycles. The summed E-state index contributed by atoms with van der Waals surface area (Å²) in [6.07, 6.45) is 8.94. The number of alkyl carbamates (subject to hydrolysis) is 1. The van der Waals surface area contributed by atoms with Crippen LogP contribution in [0.25, 0.3) is 28.3 Å². The molecule has 0 spiro atoms. The Morgan fingerprint density at radius 3 is 2.43 bits per heavy atom. The topological polar surface area (TPSA) is 302 Å². The Bertz CT molecular complexity index is 3110. The number of nitrogens with two attached hydrogens (primary N) is 1. The average Bonchev–Trinajstić information content (AvgIpc) is 4.22. The maximum absolute atomic E-state index is 13.7. The SMILES string of the molecule is Cc1cccc(-c2[nH]c(CNc3ccc4c(c3)CCC4NC(=O)OCc3ccc(NC(=O)C(CCCNC(N)=O)NC(=O)[C@@H](NC(=O)CCCCCN4C(=O)C=CC4=O)C(C)C)cc3)nc2-c2ccc3ncnn3c2)n1. The summed E-state index contributed by atoms with van der Waals surface area (Å²) in [5, 5.41) is 21.7. The van der Waals surface area contributed by atoms with Crippen LogP contribution in [0.4, 0.5) is 21.0 Å². The summed E-state index contributed by atoms with van der Waals surface area (Å²) in [7, 11) is 0. The molecule has 2 unspecified atom stereocenters. The molecule has 76 heavy (non-hydrogen) atoms. The minimum Gasteiger partial charge on any atom is -0.445 e. The number of fused-ring (bicyclic) bond motifs is 2. The molecule has 8 amide bonds. The second kappa shape index (κ2) is 24.9. The first-order chi connectivity index (χ1) is 36.7. The monoisotopic (exact) mass is 1030 g/mol. The third-order valence-corrected chi connectivity index (χ3v) is 13.1. The minimum atomic E-state index is -1.04. The quantitative estimate of drug-likeness (QED) is 0.0274. The number of aromatic nitrogens is 6. The summed E-state index contributed by atoms with van der Waals surface area (Å²) >= 11 is 0. The summed E-state index contributed by atoms with van der Waals surface area (Å²) in [6.45, 7) is 6.31. The van der Waals surface area contributed by atoms with Crippen LogP contribution in [0.1, 0.15) is 93.0 Å². The second-order valence-corrected chi connectivity index (χ2v) is 19.1. The number of anilines is 2. The van der Waals surface area contributed by atoms with Gasteiger partial charge in [-0.05, 0) is 117 Å². The fourth-order valence-corrected chi connectivity index (χ4v) is 9.06. The molecule has 0 fully saturated rings. The number of nitrogens with zero attached hydrogens (tertiary/aromatic N) is 6. The summed E-state index contributed by atoms with van der Waals surface area (Å²) in [5.74, 6) is -1.74. The van der Waals surface area contributed by atoms with E-state index in [4.69, 9.17) is 20.4 Å². The first-order valence-electron chi connectivity index (χ1n) is 25.4. The third-order valence-electron chi connectivity index (χ3n) is 13.1. The molecule has 5 heterocycles. The highest BCUT2D eigenvalue weighted by molar-refractivity contribution is 6.12. The highest BCUT2D eigenvalue weighted by Crippen LogP contribution is 2.34. The molecule has 0 bridgehead atoms. The summed E-state index contributed by atoms with van der Waals surface area (Å²) < 4.78 is 7.32. The van der Waals surface area contributed by atoms with Gasteiger partial charge in [-0.1, -0.05) is 44.5 Å². The number of hydrogen-bond acceptors (Lipinski definition) is 13. The van der Waals surface area contributed by atoms with Crippen LogP contribution in [-0.2, 0) is 48.3 Å². The van der Waals surface area contributed by atoms with Crippen molar-refractivity contribution < 1.29 is 38.3 Å². The number of aryl methyl sites for hydroxylation is 2. The number of benzene rings is 2. The highest BCUT2D eigenvalue weighted by atomic mass is 16.5. The Morgan fingerprint density at radius 2 is 1.67 bits per heavy atom. The predicted molar refractivity (Wildman–Crippen MR) is 282 cm³/mol. The molecule has 1 aliphatic carbocycles. The first-order valence-corrected chi connectivity index (χ1v) is 25.4. The number of imide groups is 1. The zero-order valence-corrected chi connectivity index (χ0v) is 42.6. The number of hydrogen-bond donors (Lipinski definition) is 8. The fourth-order valence-electron chi connectivity index (χ4n) is 9.06. The van der Waals surface area contributed by atoms with Crippen molar-refractivity contribution in [2.45, 2.75) is 103 Å². The fraction of sp³-hybridized carbons (Fsp3) is 0.352. The molecule has 2 aromatic carbocycles. The lowest BCUT2D eigenvalue weighted by Crippen LogP contribution is -2.54. The van der Waals surface area contributed by atoms with E-state index in [1.165, 1.54) is 18.5 Å². The van der Waals surface area contributed by atoms with Gasteiger partial charge in [0.2, 0.25) is 17.7 Å². The number of urea groups is 1. The Kier molecular flexibility index (Phi) is 17.4. The molecule has 0 saturated heterocycles. The molecule has 8 rings (SSSR count). The van der Waals surface area contributed by atoms with E-state index in [1.807, 2.05) is 55.6 Å². The number of rotatable bonds is 24. The molecule has 3 atom stereocenters. The van der Waals surface area contributed by atoms with Crippen LogP contribution in [0, 0.1) is 12.8 Å². The van der Waals surface area contributed by atoms with E-state index in [9.17, 15) is 33.6 Å². The van der Waals surface area contributed by atoms with Crippen molar-refractivity contribution in [2.75, 3.05) is 23.7 Å².